The number of rotatable bonds is 6. The minimum atomic E-state index is 0. The van der Waals surface area contributed by atoms with Gasteiger partial charge in [0, 0.05) is 18.7 Å². The van der Waals surface area contributed by atoms with Gasteiger partial charge in [0.25, 0.3) is 0 Å². The van der Waals surface area contributed by atoms with Gasteiger partial charge in [-0.05, 0) is 24.1 Å². The van der Waals surface area contributed by atoms with Gasteiger partial charge in [-0.3, -0.25) is 0 Å². The zero-order valence-corrected chi connectivity index (χ0v) is 16.6. The maximum Gasteiger partial charge on any atom is 0.191 e. The second-order valence-electron chi connectivity index (χ2n) is 5.26. The van der Waals surface area contributed by atoms with E-state index in [9.17, 15) is 0 Å². The number of halogens is 1. The average molecular weight is 447 g/mol. The summed E-state index contributed by atoms with van der Waals surface area (Å²) in [5.41, 5.74) is 8.12. The molecule has 134 valence electrons. The van der Waals surface area contributed by atoms with E-state index >= 15 is 0 Å². The Hall–Kier alpha value is -1.48. The largest absolute Gasteiger partial charge is 0.493 e. The Labute approximate surface area is 160 Å². The number of methoxy groups -OCH3 is 2. The van der Waals surface area contributed by atoms with Crippen molar-refractivity contribution >= 4 is 29.9 Å². The maximum atomic E-state index is 6.07. The van der Waals surface area contributed by atoms with Crippen LogP contribution in [0.15, 0.2) is 29.8 Å². The summed E-state index contributed by atoms with van der Waals surface area (Å²) in [6, 6.07) is 3.99. The van der Waals surface area contributed by atoms with Gasteiger partial charge in [0.2, 0.25) is 0 Å². The minimum absolute atomic E-state index is 0. The molecule has 2 rings (SSSR count). The first-order valence-corrected chi connectivity index (χ1v) is 7.66. The monoisotopic (exact) mass is 447 g/mol. The number of allylic oxidation sites excluding steroid dienone is 1. The third-order valence-electron chi connectivity index (χ3n) is 3.74. The Morgan fingerprint density at radius 2 is 2.04 bits per heavy atom. The fraction of sp³-hybridized carbons (Fsp3) is 0.471. The lowest BCUT2D eigenvalue weighted by Crippen LogP contribution is -2.44. The summed E-state index contributed by atoms with van der Waals surface area (Å²) in [5, 5.41) is 0. The van der Waals surface area contributed by atoms with E-state index in [4.69, 9.17) is 19.9 Å². The van der Waals surface area contributed by atoms with E-state index in [-0.39, 0.29) is 24.0 Å². The molecule has 1 aliphatic heterocycles. The highest BCUT2D eigenvalue weighted by Crippen LogP contribution is 2.33. The summed E-state index contributed by atoms with van der Waals surface area (Å²) >= 11 is 0. The van der Waals surface area contributed by atoms with E-state index < -0.39 is 0 Å². The molecule has 0 radical (unpaired) electrons. The molecule has 0 bridgehead atoms. The van der Waals surface area contributed by atoms with Crippen LogP contribution in [0.25, 0.3) is 0 Å². The standard InChI is InChI=1S/C17H25N3O3.HI/c1-4-5-14-10-13(11-15(21-2)16(14)22-3)12-19-17(18)20-6-8-23-9-7-20;/h4,10-11H,1,5-9,12H2,2-3H3,(H2,18,19);1H. The van der Waals surface area contributed by atoms with Gasteiger partial charge in [0.15, 0.2) is 17.5 Å². The van der Waals surface area contributed by atoms with Crippen LogP contribution in [0.2, 0.25) is 0 Å². The molecule has 0 amide bonds. The predicted octanol–water partition coefficient (Wildman–Crippen LogP) is 2.20. The quantitative estimate of drug-likeness (QED) is 0.314. The molecule has 1 aliphatic rings. The van der Waals surface area contributed by atoms with Crippen molar-refractivity contribution in [3.8, 4) is 11.5 Å². The van der Waals surface area contributed by atoms with Crippen molar-refractivity contribution in [2.75, 3.05) is 40.5 Å². The highest BCUT2D eigenvalue weighted by molar-refractivity contribution is 14.0. The van der Waals surface area contributed by atoms with Gasteiger partial charge in [-0.15, -0.1) is 30.6 Å². The number of nitrogens with two attached hydrogens (primary N) is 1. The fourth-order valence-electron chi connectivity index (χ4n) is 2.57. The maximum absolute atomic E-state index is 6.07. The molecule has 0 saturated carbocycles. The number of morpholine rings is 1. The number of nitrogens with zero attached hydrogens (tertiary/aromatic N) is 2. The molecule has 1 saturated heterocycles. The number of hydrogen-bond donors (Lipinski definition) is 1. The van der Waals surface area contributed by atoms with Gasteiger partial charge in [0.1, 0.15) is 0 Å². The molecule has 7 heteroatoms. The van der Waals surface area contributed by atoms with Crippen molar-refractivity contribution in [1.29, 1.82) is 0 Å². The zero-order chi connectivity index (χ0) is 16.7. The van der Waals surface area contributed by atoms with E-state index in [1.54, 1.807) is 14.2 Å². The SMILES string of the molecule is C=CCc1cc(CN=C(N)N2CCOCC2)cc(OC)c1OC.I. The fourth-order valence-corrected chi connectivity index (χ4v) is 2.57. The van der Waals surface area contributed by atoms with Crippen LogP contribution in [0.4, 0.5) is 0 Å². The molecule has 0 unspecified atom stereocenters. The topological polar surface area (TPSA) is 69.3 Å². The smallest absolute Gasteiger partial charge is 0.191 e. The summed E-state index contributed by atoms with van der Waals surface area (Å²) in [7, 11) is 3.27. The van der Waals surface area contributed by atoms with Crippen LogP contribution in [-0.2, 0) is 17.7 Å². The molecule has 24 heavy (non-hydrogen) atoms. The third-order valence-corrected chi connectivity index (χ3v) is 3.74. The summed E-state index contributed by atoms with van der Waals surface area (Å²) in [6.07, 6.45) is 2.54. The summed E-state index contributed by atoms with van der Waals surface area (Å²) in [4.78, 5) is 6.53. The first-order valence-electron chi connectivity index (χ1n) is 7.66. The Balaban J connectivity index is 0.00000288. The van der Waals surface area contributed by atoms with E-state index in [2.05, 4.69) is 17.6 Å². The predicted molar refractivity (Wildman–Crippen MR) is 107 cm³/mol. The van der Waals surface area contributed by atoms with Crippen LogP contribution >= 0.6 is 24.0 Å². The Morgan fingerprint density at radius 3 is 2.62 bits per heavy atom. The van der Waals surface area contributed by atoms with E-state index in [1.165, 1.54) is 0 Å². The highest BCUT2D eigenvalue weighted by Gasteiger charge is 2.14. The second kappa shape index (κ2) is 10.4. The number of ether oxygens (including phenoxy) is 3. The lowest BCUT2D eigenvalue weighted by molar-refractivity contribution is 0.0674. The van der Waals surface area contributed by atoms with Crippen LogP contribution in [0, 0.1) is 0 Å². The molecule has 6 nitrogen and oxygen atoms in total. The normalized spacial score (nSPS) is 14.8. The molecule has 1 fully saturated rings. The van der Waals surface area contributed by atoms with Crippen molar-refractivity contribution in [1.82, 2.24) is 4.90 Å². The molecule has 0 aliphatic carbocycles. The second-order valence-corrected chi connectivity index (χ2v) is 5.26. The summed E-state index contributed by atoms with van der Waals surface area (Å²) in [6.45, 7) is 7.23. The van der Waals surface area contributed by atoms with Gasteiger partial charge in [-0.2, -0.15) is 0 Å². The Kier molecular flexibility index (Phi) is 8.91. The van der Waals surface area contributed by atoms with Gasteiger partial charge in [0.05, 0.1) is 34.0 Å². The minimum Gasteiger partial charge on any atom is -0.493 e. The van der Waals surface area contributed by atoms with Gasteiger partial charge >= 0.3 is 0 Å². The molecule has 1 aromatic carbocycles. The lowest BCUT2D eigenvalue weighted by Gasteiger charge is -2.27. The molecule has 1 heterocycles. The van der Waals surface area contributed by atoms with Gasteiger partial charge in [-0.25, -0.2) is 4.99 Å². The Bertz CT molecular complexity index is 572. The number of hydrogen-bond acceptors (Lipinski definition) is 4. The number of aliphatic imine (C=N–C) groups is 1. The first kappa shape index (κ1) is 20.6. The summed E-state index contributed by atoms with van der Waals surface area (Å²) < 4.78 is 16.2. The number of benzene rings is 1. The van der Waals surface area contributed by atoms with E-state index in [0.717, 1.165) is 30.0 Å². The van der Waals surface area contributed by atoms with Crippen molar-refractivity contribution in [2.24, 2.45) is 10.7 Å². The highest BCUT2D eigenvalue weighted by atomic mass is 127. The molecule has 0 atom stereocenters. The average Bonchev–Trinajstić information content (AvgIpc) is 2.60. The van der Waals surface area contributed by atoms with Crippen molar-refractivity contribution in [2.45, 2.75) is 13.0 Å². The molecule has 1 aromatic rings. The number of guanidine groups is 1. The van der Waals surface area contributed by atoms with Crippen molar-refractivity contribution in [3.05, 3.63) is 35.9 Å². The van der Waals surface area contributed by atoms with Crippen LogP contribution in [0.5, 0.6) is 11.5 Å². The first-order chi connectivity index (χ1) is 11.2. The van der Waals surface area contributed by atoms with Crippen LogP contribution in [0.1, 0.15) is 11.1 Å². The van der Waals surface area contributed by atoms with E-state index in [1.807, 2.05) is 17.0 Å². The van der Waals surface area contributed by atoms with Gasteiger partial charge in [-0.1, -0.05) is 6.08 Å². The zero-order valence-electron chi connectivity index (χ0n) is 14.3. The van der Waals surface area contributed by atoms with Gasteiger partial charge < -0.3 is 24.8 Å². The van der Waals surface area contributed by atoms with Crippen LogP contribution in [0.3, 0.4) is 0 Å². The Morgan fingerprint density at radius 1 is 1.33 bits per heavy atom. The molecular weight excluding hydrogens is 421 g/mol. The van der Waals surface area contributed by atoms with E-state index in [0.29, 0.717) is 37.9 Å². The molecule has 0 spiro atoms. The molecule has 0 aromatic heterocycles. The van der Waals surface area contributed by atoms with Crippen molar-refractivity contribution < 1.29 is 14.2 Å². The van der Waals surface area contributed by atoms with Crippen molar-refractivity contribution in [3.63, 3.8) is 0 Å². The summed E-state index contributed by atoms with van der Waals surface area (Å²) in [5.74, 6) is 1.98. The third kappa shape index (κ3) is 5.27. The van der Waals surface area contributed by atoms with Crippen LogP contribution in [-0.4, -0.2) is 51.4 Å². The molecular formula is C17H26IN3O3. The lowest BCUT2D eigenvalue weighted by atomic mass is 10.1. The van der Waals surface area contributed by atoms with Crippen LogP contribution < -0.4 is 15.2 Å². The molecule has 2 N–H and O–H groups in total.